The summed E-state index contributed by atoms with van der Waals surface area (Å²) in [6, 6.07) is 17.7. The van der Waals surface area contributed by atoms with Crippen LogP contribution in [-0.2, 0) is 33.8 Å². The molecule has 2 atom stereocenters. The molecule has 1 aliphatic carbocycles. The van der Waals surface area contributed by atoms with Crippen LogP contribution in [0.3, 0.4) is 0 Å². The van der Waals surface area contributed by atoms with E-state index >= 15 is 0 Å². The van der Waals surface area contributed by atoms with Gasteiger partial charge in [-0.1, -0.05) is 60.7 Å². The van der Waals surface area contributed by atoms with Crippen molar-refractivity contribution in [3.63, 3.8) is 0 Å². The number of likely N-dealkylation sites (tertiary alicyclic amines) is 1. The number of benzene rings is 2. The molecule has 3 aromatic rings. The second kappa shape index (κ2) is 12.8. The summed E-state index contributed by atoms with van der Waals surface area (Å²) in [6.45, 7) is 6.03. The summed E-state index contributed by atoms with van der Waals surface area (Å²) in [5, 5.41) is 10.5. The summed E-state index contributed by atoms with van der Waals surface area (Å²) in [7, 11) is 0. The van der Waals surface area contributed by atoms with Crippen molar-refractivity contribution in [2.45, 2.75) is 89.6 Å². The highest BCUT2D eigenvalue weighted by Gasteiger charge is 2.42. The largest absolute Gasteiger partial charge is 0.444 e. The molecule has 0 spiro atoms. The molecule has 0 bridgehead atoms. The molecule has 9 nitrogen and oxygen atoms in total. The standard InChI is InChI=1S/C33H41N5O4/c1-33(2,3)42-32(41)35-29(28(23-13-6-4-7-14-23)24-15-8-5-9-16-24)31(40)38-20-12-19-27(38)30(39)34-22-37-21-25-17-10-11-18-26(25)36-37/h4-9,13-16,21,27-29H,10-12,17-20,22H2,1-3H3,(H,34,39)(H,35,41)/t27-,29+/m0/s1. The van der Waals surface area contributed by atoms with Crippen LogP contribution >= 0.6 is 0 Å². The minimum atomic E-state index is -0.990. The summed E-state index contributed by atoms with van der Waals surface area (Å²) in [5.41, 5.74) is 3.37. The third kappa shape index (κ3) is 7.01. The SMILES string of the molecule is CC(C)(C)OC(=O)N[C@@H](C(=O)N1CCC[C@H]1C(=O)NCn1cc2c(n1)CCCC2)C(c1ccccc1)c1ccccc1. The lowest BCUT2D eigenvalue weighted by atomic mass is 9.84. The zero-order valence-electron chi connectivity index (χ0n) is 24.7. The number of aromatic nitrogens is 2. The highest BCUT2D eigenvalue weighted by atomic mass is 16.6. The van der Waals surface area contributed by atoms with E-state index in [4.69, 9.17) is 4.74 Å². The van der Waals surface area contributed by atoms with E-state index in [1.165, 1.54) is 5.56 Å². The number of rotatable bonds is 8. The Kier molecular flexibility index (Phi) is 8.94. The van der Waals surface area contributed by atoms with E-state index < -0.39 is 29.7 Å². The summed E-state index contributed by atoms with van der Waals surface area (Å²) >= 11 is 0. The van der Waals surface area contributed by atoms with Gasteiger partial charge in [-0.2, -0.15) is 5.10 Å². The quantitative estimate of drug-likeness (QED) is 0.413. The van der Waals surface area contributed by atoms with Crippen LogP contribution in [0, 0.1) is 0 Å². The van der Waals surface area contributed by atoms with Crippen LogP contribution in [0.4, 0.5) is 4.79 Å². The van der Waals surface area contributed by atoms with Crippen molar-refractivity contribution in [2.75, 3.05) is 6.54 Å². The third-order valence-electron chi connectivity index (χ3n) is 7.88. The van der Waals surface area contributed by atoms with Gasteiger partial charge in [0.25, 0.3) is 0 Å². The van der Waals surface area contributed by atoms with Crippen molar-refractivity contribution < 1.29 is 19.1 Å². The van der Waals surface area contributed by atoms with Crippen LogP contribution in [-0.4, -0.2) is 56.8 Å². The minimum Gasteiger partial charge on any atom is -0.444 e. The molecule has 3 amide bonds. The first kappa shape index (κ1) is 29.4. The molecule has 1 fully saturated rings. The van der Waals surface area contributed by atoms with Gasteiger partial charge in [-0.15, -0.1) is 0 Å². The van der Waals surface area contributed by atoms with E-state index in [2.05, 4.69) is 15.7 Å². The van der Waals surface area contributed by atoms with Crippen LogP contribution in [0.5, 0.6) is 0 Å². The monoisotopic (exact) mass is 571 g/mol. The van der Waals surface area contributed by atoms with Gasteiger partial charge in [0.2, 0.25) is 11.8 Å². The van der Waals surface area contributed by atoms with E-state index in [-0.39, 0.29) is 18.5 Å². The van der Waals surface area contributed by atoms with Gasteiger partial charge in [0.1, 0.15) is 24.4 Å². The van der Waals surface area contributed by atoms with Gasteiger partial charge in [0.15, 0.2) is 0 Å². The summed E-state index contributed by atoms with van der Waals surface area (Å²) in [6.07, 6.45) is 6.87. The van der Waals surface area contributed by atoms with Crippen LogP contribution in [0.1, 0.15) is 74.8 Å². The zero-order valence-corrected chi connectivity index (χ0v) is 24.7. The Bertz CT molecular complexity index is 1320. The molecule has 2 N–H and O–H groups in total. The molecule has 2 heterocycles. The van der Waals surface area contributed by atoms with Gasteiger partial charge in [-0.3, -0.25) is 14.3 Å². The van der Waals surface area contributed by atoms with E-state index in [0.717, 1.165) is 42.5 Å². The van der Waals surface area contributed by atoms with Crippen LogP contribution in [0.15, 0.2) is 66.9 Å². The number of nitrogens with zero attached hydrogens (tertiary/aromatic N) is 3. The molecule has 0 unspecified atom stereocenters. The van der Waals surface area contributed by atoms with Crippen molar-refractivity contribution in [2.24, 2.45) is 0 Å². The number of amides is 3. The lowest BCUT2D eigenvalue weighted by molar-refractivity contribution is -0.140. The Balaban J connectivity index is 1.40. The molecular formula is C33H41N5O4. The maximum Gasteiger partial charge on any atom is 0.408 e. The topological polar surface area (TPSA) is 106 Å². The minimum absolute atomic E-state index is 0.221. The first-order valence-electron chi connectivity index (χ1n) is 14.9. The van der Waals surface area contributed by atoms with Gasteiger partial charge in [0.05, 0.1) is 5.69 Å². The lowest BCUT2D eigenvalue weighted by Crippen LogP contribution is -2.56. The molecular weight excluding hydrogens is 530 g/mol. The molecule has 0 saturated carbocycles. The Hall–Kier alpha value is -4.14. The number of carbonyl (C=O) groups excluding carboxylic acids is 3. The fourth-order valence-corrected chi connectivity index (χ4v) is 5.99. The van der Waals surface area contributed by atoms with Gasteiger partial charge in [0, 0.05) is 18.7 Å². The molecule has 1 saturated heterocycles. The average molecular weight is 572 g/mol. The van der Waals surface area contributed by atoms with E-state index in [1.807, 2.05) is 66.9 Å². The van der Waals surface area contributed by atoms with Crippen LogP contribution in [0.2, 0.25) is 0 Å². The molecule has 0 radical (unpaired) electrons. The zero-order chi connectivity index (χ0) is 29.7. The average Bonchev–Trinajstić information content (AvgIpc) is 3.63. The maximum atomic E-state index is 14.4. The smallest absolute Gasteiger partial charge is 0.408 e. The van der Waals surface area contributed by atoms with Crippen LogP contribution in [0.25, 0.3) is 0 Å². The van der Waals surface area contributed by atoms with Gasteiger partial charge >= 0.3 is 6.09 Å². The van der Waals surface area contributed by atoms with E-state index in [0.29, 0.717) is 19.4 Å². The fraction of sp³-hybridized carbons (Fsp3) is 0.455. The second-order valence-corrected chi connectivity index (χ2v) is 12.2. The number of ether oxygens (including phenoxy) is 1. The number of carbonyl (C=O) groups is 3. The molecule has 2 aromatic carbocycles. The van der Waals surface area contributed by atoms with Gasteiger partial charge in [-0.05, 0) is 76.0 Å². The maximum absolute atomic E-state index is 14.4. The Morgan fingerprint density at radius 3 is 2.21 bits per heavy atom. The number of hydrogen-bond acceptors (Lipinski definition) is 5. The highest BCUT2D eigenvalue weighted by Crippen LogP contribution is 2.31. The predicted molar refractivity (Wildman–Crippen MR) is 160 cm³/mol. The van der Waals surface area contributed by atoms with Crippen molar-refractivity contribution in [3.05, 3.63) is 89.2 Å². The highest BCUT2D eigenvalue weighted by molar-refractivity contribution is 5.92. The number of hydrogen-bond donors (Lipinski definition) is 2. The second-order valence-electron chi connectivity index (χ2n) is 12.2. The molecule has 5 rings (SSSR count). The van der Waals surface area contributed by atoms with Crippen molar-refractivity contribution in [3.8, 4) is 0 Å². The summed E-state index contributed by atoms with van der Waals surface area (Å²) in [5.74, 6) is -1.03. The fourth-order valence-electron chi connectivity index (χ4n) is 5.99. The van der Waals surface area contributed by atoms with Gasteiger partial charge < -0.3 is 20.3 Å². The van der Waals surface area contributed by atoms with E-state index in [9.17, 15) is 14.4 Å². The first-order chi connectivity index (χ1) is 20.2. The molecule has 1 aromatic heterocycles. The van der Waals surface area contributed by atoms with Crippen molar-refractivity contribution in [1.82, 2.24) is 25.3 Å². The Morgan fingerprint density at radius 2 is 1.60 bits per heavy atom. The first-order valence-corrected chi connectivity index (χ1v) is 14.9. The number of alkyl carbamates (subject to hydrolysis) is 1. The van der Waals surface area contributed by atoms with E-state index in [1.54, 1.807) is 30.4 Å². The number of nitrogens with one attached hydrogen (secondary N) is 2. The number of aryl methyl sites for hydroxylation is 2. The van der Waals surface area contributed by atoms with Crippen LogP contribution < -0.4 is 10.6 Å². The predicted octanol–water partition coefficient (Wildman–Crippen LogP) is 4.55. The Labute approximate surface area is 247 Å². The summed E-state index contributed by atoms with van der Waals surface area (Å²) < 4.78 is 7.37. The molecule has 2 aliphatic rings. The molecule has 1 aliphatic heterocycles. The molecule has 9 heteroatoms. The van der Waals surface area contributed by atoms with Gasteiger partial charge in [-0.25, -0.2) is 4.79 Å². The normalized spacial score (nSPS) is 17.4. The Morgan fingerprint density at radius 1 is 0.952 bits per heavy atom. The third-order valence-corrected chi connectivity index (χ3v) is 7.88. The summed E-state index contributed by atoms with van der Waals surface area (Å²) in [4.78, 5) is 42.6. The molecule has 222 valence electrons. The number of fused-ring (bicyclic) bond motifs is 1. The lowest BCUT2D eigenvalue weighted by Gasteiger charge is -2.34. The van der Waals surface area contributed by atoms with Crippen molar-refractivity contribution in [1.29, 1.82) is 0 Å². The van der Waals surface area contributed by atoms with Crippen molar-refractivity contribution >= 4 is 17.9 Å². The molecule has 42 heavy (non-hydrogen) atoms.